The highest BCUT2D eigenvalue weighted by molar-refractivity contribution is 4.90. The van der Waals surface area contributed by atoms with E-state index in [4.69, 9.17) is 9.47 Å². The van der Waals surface area contributed by atoms with Gasteiger partial charge in [0.2, 0.25) is 0 Å². The molecule has 0 aromatic carbocycles. The van der Waals surface area contributed by atoms with E-state index in [0.29, 0.717) is 6.10 Å². The first-order valence-corrected chi connectivity index (χ1v) is 6.63. The molecule has 0 spiro atoms. The maximum absolute atomic E-state index is 5.93. The van der Waals surface area contributed by atoms with Gasteiger partial charge in [-0.3, -0.25) is 4.90 Å². The molecule has 2 aliphatic heterocycles. The molecular weight excluding hydrogens is 216 g/mol. The normalized spacial score (nSPS) is 32.1. The van der Waals surface area contributed by atoms with Crippen molar-refractivity contribution in [2.75, 3.05) is 39.3 Å². The highest BCUT2D eigenvalue weighted by Gasteiger charge is 2.34. The maximum atomic E-state index is 5.93. The van der Waals surface area contributed by atoms with Crippen LogP contribution in [0.5, 0.6) is 0 Å². The second-order valence-corrected chi connectivity index (χ2v) is 6.33. The molecule has 100 valence electrons. The molecule has 0 aliphatic carbocycles. The lowest BCUT2D eigenvalue weighted by atomic mass is 10.0. The summed E-state index contributed by atoms with van der Waals surface area (Å²) in [5.74, 6) is 0. The smallest absolute Gasteiger partial charge is 0.0902 e. The summed E-state index contributed by atoms with van der Waals surface area (Å²) in [6.07, 6.45) is 0.319. The van der Waals surface area contributed by atoms with Crippen molar-refractivity contribution in [2.24, 2.45) is 0 Å². The van der Waals surface area contributed by atoms with Crippen LogP contribution in [0.2, 0.25) is 0 Å². The van der Waals surface area contributed by atoms with E-state index in [-0.39, 0.29) is 11.2 Å². The number of nitrogens with one attached hydrogen (secondary N) is 1. The molecule has 0 amide bonds. The summed E-state index contributed by atoms with van der Waals surface area (Å²) in [6, 6.07) is 0. The molecule has 0 aromatic rings. The van der Waals surface area contributed by atoms with Crippen molar-refractivity contribution in [3.05, 3.63) is 0 Å². The Balaban J connectivity index is 1.71. The number of hydrogen-bond donors (Lipinski definition) is 1. The lowest BCUT2D eigenvalue weighted by Crippen LogP contribution is -2.60. The van der Waals surface area contributed by atoms with Crippen molar-refractivity contribution in [2.45, 2.75) is 45.0 Å². The van der Waals surface area contributed by atoms with Gasteiger partial charge in [-0.2, -0.15) is 0 Å². The van der Waals surface area contributed by atoms with E-state index in [9.17, 15) is 0 Å². The Morgan fingerprint density at radius 1 is 1.35 bits per heavy atom. The van der Waals surface area contributed by atoms with Gasteiger partial charge < -0.3 is 14.8 Å². The molecule has 1 atom stereocenters. The summed E-state index contributed by atoms with van der Waals surface area (Å²) in [7, 11) is 0. The molecule has 1 N–H and O–H groups in total. The van der Waals surface area contributed by atoms with E-state index < -0.39 is 0 Å². The molecule has 0 aromatic heterocycles. The highest BCUT2D eigenvalue weighted by Crippen LogP contribution is 2.21. The third-order valence-electron chi connectivity index (χ3n) is 3.50. The van der Waals surface area contributed by atoms with E-state index in [0.717, 1.165) is 39.3 Å². The molecule has 4 nitrogen and oxygen atoms in total. The van der Waals surface area contributed by atoms with Crippen LogP contribution >= 0.6 is 0 Å². The Hall–Kier alpha value is -0.160. The Morgan fingerprint density at radius 3 is 2.59 bits per heavy atom. The minimum Gasteiger partial charge on any atom is -0.371 e. The van der Waals surface area contributed by atoms with Gasteiger partial charge in [0.05, 0.1) is 23.9 Å². The van der Waals surface area contributed by atoms with Gasteiger partial charge in [-0.05, 0) is 27.7 Å². The molecule has 17 heavy (non-hydrogen) atoms. The summed E-state index contributed by atoms with van der Waals surface area (Å²) in [4.78, 5) is 2.45. The van der Waals surface area contributed by atoms with E-state index in [1.54, 1.807) is 0 Å². The quantitative estimate of drug-likeness (QED) is 0.793. The Labute approximate surface area is 105 Å². The molecule has 0 bridgehead atoms. The largest absolute Gasteiger partial charge is 0.371 e. The molecule has 1 unspecified atom stereocenters. The van der Waals surface area contributed by atoms with Crippen LogP contribution in [0.1, 0.15) is 27.7 Å². The number of morpholine rings is 1. The van der Waals surface area contributed by atoms with Gasteiger partial charge in [-0.25, -0.2) is 0 Å². The zero-order valence-corrected chi connectivity index (χ0v) is 11.6. The van der Waals surface area contributed by atoms with Gasteiger partial charge in [-0.15, -0.1) is 0 Å². The predicted octanol–water partition coefficient (Wildman–Crippen LogP) is 0.864. The van der Waals surface area contributed by atoms with Gasteiger partial charge in [0.1, 0.15) is 0 Å². The zero-order chi connectivity index (χ0) is 12.5. The molecular formula is C13H26N2O2. The molecule has 0 radical (unpaired) electrons. The average Bonchev–Trinajstić information content (AvgIpc) is 2.11. The van der Waals surface area contributed by atoms with E-state index in [1.165, 1.54) is 0 Å². The molecule has 2 rings (SSSR count). The third-order valence-corrected chi connectivity index (χ3v) is 3.50. The molecule has 2 heterocycles. The first kappa shape index (κ1) is 13.3. The lowest BCUT2D eigenvalue weighted by molar-refractivity contribution is -0.138. The Kier molecular flexibility index (Phi) is 3.78. The van der Waals surface area contributed by atoms with E-state index >= 15 is 0 Å². The van der Waals surface area contributed by atoms with Crippen LogP contribution in [0.25, 0.3) is 0 Å². The molecule has 2 fully saturated rings. The molecule has 2 aliphatic rings. The third kappa shape index (κ3) is 3.65. The number of nitrogens with zero attached hydrogens (tertiary/aromatic N) is 1. The standard InChI is InChI=1S/C13H26N2O2/c1-11-7-15(10-12(2,3)17-11)5-6-16-13(4)8-14-9-13/h11,14H,5-10H2,1-4H3. The van der Waals surface area contributed by atoms with Crippen LogP contribution in [0, 0.1) is 0 Å². The average molecular weight is 242 g/mol. The fourth-order valence-electron chi connectivity index (χ4n) is 2.76. The predicted molar refractivity (Wildman–Crippen MR) is 68.3 cm³/mol. The molecule has 4 heteroatoms. The molecule has 2 saturated heterocycles. The zero-order valence-electron chi connectivity index (χ0n) is 11.6. The van der Waals surface area contributed by atoms with Crippen molar-refractivity contribution >= 4 is 0 Å². The van der Waals surface area contributed by atoms with Crippen LogP contribution in [-0.4, -0.2) is 61.5 Å². The first-order valence-electron chi connectivity index (χ1n) is 6.63. The van der Waals surface area contributed by atoms with Crippen molar-refractivity contribution in [3.8, 4) is 0 Å². The fourth-order valence-corrected chi connectivity index (χ4v) is 2.76. The second kappa shape index (κ2) is 4.84. The summed E-state index contributed by atoms with van der Waals surface area (Å²) in [5.41, 5.74) is 0.0486. The minimum absolute atomic E-state index is 0.0282. The summed E-state index contributed by atoms with van der Waals surface area (Å²) in [5, 5.41) is 3.25. The van der Waals surface area contributed by atoms with Gasteiger partial charge in [0, 0.05) is 32.7 Å². The van der Waals surface area contributed by atoms with Crippen LogP contribution in [0.3, 0.4) is 0 Å². The summed E-state index contributed by atoms with van der Waals surface area (Å²) >= 11 is 0. The van der Waals surface area contributed by atoms with Crippen molar-refractivity contribution < 1.29 is 9.47 Å². The monoisotopic (exact) mass is 242 g/mol. The second-order valence-electron chi connectivity index (χ2n) is 6.33. The Morgan fingerprint density at radius 2 is 2.06 bits per heavy atom. The minimum atomic E-state index is -0.0282. The number of ether oxygens (including phenoxy) is 2. The van der Waals surface area contributed by atoms with Gasteiger partial charge >= 0.3 is 0 Å². The number of rotatable bonds is 4. The highest BCUT2D eigenvalue weighted by atomic mass is 16.5. The van der Waals surface area contributed by atoms with Crippen LogP contribution < -0.4 is 5.32 Å². The number of hydrogen-bond acceptors (Lipinski definition) is 4. The summed E-state index contributed by atoms with van der Waals surface area (Å²) < 4.78 is 11.8. The van der Waals surface area contributed by atoms with E-state index in [2.05, 4.69) is 37.9 Å². The van der Waals surface area contributed by atoms with Crippen molar-refractivity contribution in [1.82, 2.24) is 10.2 Å². The maximum Gasteiger partial charge on any atom is 0.0902 e. The first-order chi connectivity index (χ1) is 7.89. The summed E-state index contributed by atoms with van der Waals surface area (Å²) in [6.45, 7) is 14.4. The fraction of sp³-hybridized carbons (Fsp3) is 1.00. The van der Waals surface area contributed by atoms with Gasteiger partial charge in [-0.1, -0.05) is 0 Å². The van der Waals surface area contributed by atoms with Gasteiger partial charge in [0.15, 0.2) is 0 Å². The lowest BCUT2D eigenvalue weighted by Gasteiger charge is -2.43. The van der Waals surface area contributed by atoms with Crippen LogP contribution in [0.4, 0.5) is 0 Å². The van der Waals surface area contributed by atoms with E-state index in [1.807, 2.05) is 0 Å². The SMILES string of the molecule is CC1CN(CCOC2(C)CNC2)CC(C)(C)O1. The Bertz CT molecular complexity index is 264. The van der Waals surface area contributed by atoms with Crippen molar-refractivity contribution in [3.63, 3.8) is 0 Å². The molecule has 0 saturated carbocycles. The van der Waals surface area contributed by atoms with Gasteiger partial charge in [0.25, 0.3) is 0 Å². The van der Waals surface area contributed by atoms with Crippen LogP contribution in [0.15, 0.2) is 0 Å². The topological polar surface area (TPSA) is 33.7 Å². The van der Waals surface area contributed by atoms with Crippen LogP contribution in [-0.2, 0) is 9.47 Å². The van der Waals surface area contributed by atoms with Crippen molar-refractivity contribution in [1.29, 1.82) is 0 Å².